The third-order valence-electron chi connectivity index (χ3n) is 10.6. The van der Waals surface area contributed by atoms with Crippen molar-refractivity contribution in [3.05, 3.63) is 117 Å². The summed E-state index contributed by atoms with van der Waals surface area (Å²) in [4.78, 5) is 44.3. The summed E-state index contributed by atoms with van der Waals surface area (Å²) >= 11 is 12.8. The van der Waals surface area contributed by atoms with Gasteiger partial charge in [-0.05, 0) is 104 Å². The smallest absolute Gasteiger partial charge is 0.410 e. The van der Waals surface area contributed by atoms with Crippen LogP contribution in [0.1, 0.15) is 78.2 Å². The minimum atomic E-state index is -0.746. The van der Waals surface area contributed by atoms with Crippen molar-refractivity contribution < 1.29 is 14.3 Å². The molecule has 0 unspecified atom stereocenters. The fraction of sp³-hybridized carbons (Fsp3) is 0.450. The predicted octanol–water partition coefficient (Wildman–Crippen LogP) is 7.66. The molecule has 3 aliphatic rings. The number of amides is 2. The Hall–Kier alpha value is -3.92. The van der Waals surface area contributed by atoms with E-state index in [0.29, 0.717) is 42.8 Å². The van der Waals surface area contributed by atoms with Crippen molar-refractivity contribution in [3.8, 4) is 0 Å². The van der Waals surface area contributed by atoms with Crippen LogP contribution in [-0.4, -0.2) is 79.6 Å². The maximum atomic E-state index is 15.0. The van der Waals surface area contributed by atoms with Gasteiger partial charge < -0.3 is 14.2 Å². The third kappa shape index (κ3) is 8.43. The molecule has 2 atom stereocenters. The number of carbonyl (C=O) groups excluding carboxylic acids is 2. The number of pyridine rings is 1. The van der Waals surface area contributed by atoms with Gasteiger partial charge >= 0.3 is 6.09 Å². The van der Waals surface area contributed by atoms with Crippen LogP contribution in [0.25, 0.3) is 0 Å². The zero-order chi connectivity index (χ0) is 35.3. The average molecular weight is 730 g/mol. The van der Waals surface area contributed by atoms with Crippen LogP contribution in [0.4, 0.5) is 4.79 Å². The van der Waals surface area contributed by atoms with E-state index in [1.54, 1.807) is 4.90 Å². The molecule has 7 rings (SSSR count). The Labute approximate surface area is 310 Å². The van der Waals surface area contributed by atoms with E-state index in [9.17, 15) is 4.79 Å². The topological polar surface area (TPSA) is 83.8 Å². The zero-order valence-corrected chi connectivity index (χ0v) is 30.7. The Bertz CT molecular complexity index is 1820. The van der Waals surface area contributed by atoms with Gasteiger partial charge in [0.05, 0.1) is 23.8 Å². The summed E-state index contributed by atoms with van der Waals surface area (Å²) in [6.07, 6.45) is 12.6. The Morgan fingerprint density at radius 1 is 0.941 bits per heavy atom. The molecule has 0 bridgehead atoms. The number of imidazole rings is 1. The molecule has 1 saturated heterocycles. The van der Waals surface area contributed by atoms with Gasteiger partial charge in [-0.3, -0.25) is 19.6 Å². The number of fused-ring (bicyclic) bond motifs is 2. The summed E-state index contributed by atoms with van der Waals surface area (Å²) in [5.41, 5.74) is 6.45. The van der Waals surface area contributed by atoms with Gasteiger partial charge in [0.2, 0.25) is 5.91 Å². The van der Waals surface area contributed by atoms with E-state index in [-0.39, 0.29) is 18.1 Å². The van der Waals surface area contributed by atoms with Crippen LogP contribution in [0.3, 0.4) is 0 Å². The molecule has 2 aromatic carbocycles. The second-order valence-corrected chi connectivity index (χ2v) is 15.0. The molecule has 0 N–H and O–H groups in total. The minimum absolute atomic E-state index is 0.0942. The van der Waals surface area contributed by atoms with Crippen LogP contribution >= 0.6 is 23.2 Å². The highest BCUT2D eigenvalue weighted by Crippen LogP contribution is 2.38. The molecule has 2 aromatic heterocycles. The average Bonchev–Trinajstić information content (AvgIpc) is 3.49. The van der Waals surface area contributed by atoms with E-state index < -0.39 is 12.1 Å². The standard InChI is InChI=1S/C40H46Cl2N6O3/c1-28-24-45(27-44-28)19-6-20-47(25-29-10-14-32(41)15-11-29)39(49)36-26-46(21-22-48(36)40(50)51-34-8-3-2-4-9-34)38-35-17-16-33(42)23-31(35)13-12-30-7-5-18-43-37(30)38/h5,7,10-11,14-18,23-24,27,34,36,38H,2-4,6,8-9,12-13,19-22,25-26H2,1H3/t36-,38+/m1/s1. The monoisotopic (exact) mass is 728 g/mol. The van der Waals surface area contributed by atoms with E-state index in [1.807, 2.05) is 66.9 Å². The molecule has 1 aliphatic heterocycles. The van der Waals surface area contributed by atoms with Crippen LogP contribution in [0.15, 0.2) is 73.3 Å². The lowest BCUT2D eigenvalue weighted by Gasteiger charge is -2.45. The Morgan fingerprint density at radius 3 is 2.51 bits per heavy atom. The molecule has 11 heteroatoms. The highest BCUT2D eigenvalue weighted by atomic mass is 35.5. The zero-order valence-electron chi connectivity index (χ0n) is 29.2. The normalized spacial score (nSPS) is 19.5. The fourth-order valence-electron chi connectivity index (χ4n) is 7.94. The Balaban J connectivity index is 1.21. The van der Waals surface area contributed by atoms with E-state index >= 15 is 4.79 Å². The molecule has 2 aliphatic carbocycles. The number of hydrogen-bond donors (Lipinski definition) is 0. The van der Waals surface area contributed by atoms with Crippen LogP contribution in [-0.2, 0) is 35.5 Å². The summed E-state index contributed by atoms with van der Waals surface area (Å²) in [5.74, 6) is -0.0942. The first-order chi connectivity index (χ1) is 24.8. The van der Waals surface area contributed by atoms with Crippen LogP contribution in [0, 0.1) is 6.92 Å². The molecule has 0 spiro atoms. The van der Waals surface area contributed by atoms with Crippen LogP contribution in [0.2, 0.25) is 10.0 Å². The van der Waals surface area contributed by atoms with E-state index in [4.69, 9.17) is 32.9 Å². The Kier molecular flexibility index (Phi) is 11.3. The molecule has 2 fully saturated rings. The maximum Gasteiger partial charge on any atom is 0.410 e. The van der Waals surface area contributed by atoms with Crippen molar-refractivity contribution in [3.63, 3.8) is 0 Å². The highest BCUT2D eigenvalue weighted by molar-refractivity contribution is 6.30. The molecular formula is C40H46Cl2N6O3. The van der Waals surface area contributed by atoms with Gasteiger partial charge in [-0.25, -0.2) is 9.78 Å². The SMILES string of the molecule is Cc1cn(CCCN(Cc2ccc(Cl)cc2)C(=O)[C@H]2CN([C@H]3c4ccc(Cl)cc4CCc4cccnc43)CCN2C(=O)OC2CCCCC2)cn1. The van der Waals surface area contributed by atoms with Crippen molar-refractivity contribution in [2.24, 2.45) is 0 Å². The second kappa shape index (κ2) is 16.2. The minimum Gasteiger partial charge on any atom is -0.446 e. The van der Waals surface area contributed by atoms with Gasteiger partial charge in [0.1, 0.15) is 12.1 Å². The number of carbonyl (C=O) groups is 2. The molecule has 4 aromatic rings. The molecule has 2 amide bonds. The number of hydrogen-bond acceptors (Lipinski definition) is 6. The number of halogens is 2. The summed E-state index contributed by atoms with van der Waals surface area (Å²) in [5, 5.41) is 1.35. The third-order valence-corrected chi connectivity index (χ3v) is 11.1. The molecule has 3 heterocycles. The van der Waals surface area contributed by atoms with Crippen LogP contribution < -0.4 is 0 Å². The van der Waals surface area contributed by atoms with Crippen molar-refractivity contribution in [2.75, 3.05) is 26.2 Å². The summed E-state index contributed by atoms with van der Waals surface area (Å²) in [7, 11) is 0. The molecular weight excluding hydrogens is 683 g/mol. The molecule has 0 radical (unpaired) electrons. The van der Waals surface area contributed by atoms with Gasteiger partial charge in [0.25, 0.3) is 0 Å². The summed E-state index contributed by atoms with van der Waals surface area (Å²) < 4.78 is 8.19. The highest BCUT2D eigenvalue weighted by Gasteiger charge is 2.42. The lowest BCUT2D eigenvalue weighted by molar-refractivity contribution is -0.140. The number of nitrogens with zero attached hydrogens (tertiary/aromatic N) is 6. The van der Waals surface area contributed by atoms with Gasteiger partial charge in [-0.2, -0.15) is 0 Å². The van der Waals surface area contributed by atoms with Crippen molar-refractivity contribution >= 4 is 35.2 Å². The molecule has 51 heavy (non-hydrogen) atoms. The number of benzene rings is 2. The number of rotatable bonds is 9. The number of aryl methyl sites for hydroxylation is 4. The number of aromatic nitrogens is 3. The van der Waals surface area contributed by atoms with Crippen molar-refractivity contribution in [1.82, 2.24) is 29.2 Å². The summed E-state index contributed by atoms with van der Waals surface area (Å²) in [6, 6.07) is 16.9. The van der Waals surface area contributed by atoms with Crippen molar-refractivity contribution in [2.45, 2.75) is 89.6 Å². The second-order valence-electron chi connectivity index (χ2n) is 14.1. The van der Waals surface area contributed by atoms with Crippen LogP contribution in [0.5, 0.6) is 0 Å². The first-order valence-corrected chi connectivity index (χ1v) is 19.0. The molecule has 1 saturated carbocycles. The predicted molar refractivity (Wildman–Crippen MR) is 199 cm³/mol. The number of piperazine rings is 1. The quantitative estimate of drug-likeness (QED) is 0.176. The lowest BCUT2D eigenvalue weighted by Crippen LogP contribution is -2.62. The molecule has 9 nitrogen and oxygen atoms in total. The summed E-state index contributed by atoms with van der Waals surface area (Å²) in [6.45, 7) is 4.89. The largest absolute Gasteiger partial charge is 0.446 e. The van der Waals surface area contributed by atoms with Gasteiger partial charge in [-0.15, -0.1) is 0 Å². The maximum absolute atomic E-state index is 15.0. The lowest BCUT2D eigenvalue weighted by atomic mass is 9.95. The van der Waals surface area contributed by atoms with Crippen molar-refractivity contribution in [1.29, 1.82) is 0 Å². The van der Waals surface area contributed by atoms with Gasteiger partial charge in [0, 0.05) is 61.7 Å². The number of ether oxygens (including phenoxy) is 1. The van der Waals surface area contributed by atoms with Gasteiger partial charge in [-0.1, -0.05) is 53.9 Å². The fourth-order valence-corrected chi connectivity index (χ4v) is 8.26. The van der Waals surface area contributed by atoms with E-state index in [2.05, 4.69) is 32.7 Å². The molecule has 268 valence electrons. The Morgan fingerprint density at radius 2 is 1.73 bits per heavy atom. The van der Waals surface area contributed by atoms with E-state index in [1.165, 1.54) is 11.1 Å². The first kappa shape index (κ1) is 35.5. The van der Waals surface area contributed by atoms with E-state index in [0.717, 1.165) is 80.4 Å². The van der Waals surface area contributed by atoms with Gasteiger partial charge in [0.15, 0.2) is 0 Å². The first-order valence-electron chi connectivity index (χ1n) is 18.3.